The van der Waals surface area contributed by atoms with Crippen LogP contribution in [-0.4, -0.2) is 19.7 Å². The smallest absolute Gasteiger partial charge is 0.158 e. The molecule has 3 aromatic rings. The fourth-order valence-electron chi connectivity index (χ4n) is 1.76. The summed E-state index contributed by atoms with van der Waals surface area (Å²) in [6.45, 7) is 0.733. The molecule has 0 saturated heterocycles. The lowest BCUT2D eigenvalue weighted by Crippen LogP contribution is -2.04. The van der Waals surface area contributed by atoms with Gasteiger partial charge in [0, 0.05) is 25.0 Å². The van der Waals surface area contributed by atoms with Crippen molar-refractivity contribution in [3.8, 4) is 5.82 Å². The van der Waals surface area contributed by atoms with Gasteiger partial charge in [0.1, 0.15) is 12.1 Å². The van der Waals surface area contributed by atoms with E-state index < -0.39 is 0 Å². The van der Waals surface area contributed by atoms with Crippen LogP contribution in [0.1, 0.15) is 5.56 Å². The van der Waals surface area contributed by atoms with Crippen molar-refractivity contribution in [2.24, 2.45) is 0 Å². The van der Waals surface area contributed by atoms with Crippen LogP contribution in [0.25, 0.3) is 5.82 Å². The Morgan fingerprint density at radius 2 is 1.95 bits per heavy atom. The Labute approximate surface area is 111 Å². The molecule has 0 radical (unpaired) electrons. The first-order valence-corrected chi connectivity index (χ1v) is 6.02. The summed E-state index contributed by atoms with van der Waals surface area (Å²) in [5.41, 5.74) is 1.21. The fourth-order valence-corrected chi connectivity index (χ4v) is 1.76. The molecule has 0 aliphatic rings. The van der Waals surface area contributed by atoms with Gasteiger partial charge in [0.2, 0.25) is 0 Å². The number of hydrogen-bond donors (Lipinski definition) is 1. The second kappa shape index (κ2) is 5.30. The summed E-state index contributed by atoms with van der Waals surface area (Å²) in [5, 5.41) is 7.42. The highest BCUT2D eigenvalue weighted by Crippen LogP contribution is 2.09. The first-order chi connectivity index (χ1) is 9.42. The summed E-state index contributed by atoms with van der Waals surface area (Å²) in [6, 6.07) is 13.9. The van der Waals surface area contributed by atoms with Gasteiger partial charge in [0.15, 0.2) is 5.82 Å². The molecular formula is C14H13N5. The van der Waals surface area contributed by atoms with E-state index in [0.717, 1.165) is 18.2 Å². The van der Waals surface area contributed by atoms with Crippen LogP contribution in [0.3, 0.4) is 0 Å². The zero-order chi connectivity index (χ0) is 12.9. The summed E-state index contributed by atoms with van der Waals surface area (Å²) < 4.78 is 1.70. The van der Waals surface area contributed by atoms with Crippen LogP contribution in [0.5, 0.6) is 0 Å². The van der Waals surface area contributed by atoms with E-state index in [1.807, 2.05) is 36.5 Å². The molecule has 0 saturated carbocycles. The minimum Gasteiger partial charge on any atom is -0.366 e. The van der Waals surface area contributed by atoms with Crippen LogP contribution in [0.2, 0.25) is 0 Å². The summed E-state index contributed by atoms with van der Waals surface area (Å²) in [5.74, 6) is 1.53. The van der Waals surface area contributed by atoms with Crippen LogP contribution in [-0.2, 0) is 6.54 Å². The average molecular weight is 251 g/mol. The predicted molar refractivity (Wildman–Crippen MR) is 72.9 cm³/mol. The minimum absolute atomic E-state index is 0.733. The molecule has 0 amide bonds. The Kier molecular flexibility index (Phi) is 3.18. The van der Waals surface area contributed by atoms with Gasteiger partial charge < -0.3 is 5.32 Å². The molecule has 1 N–H and O–H groups in total. The van der Waals surface area contributed by atoms with Crippen molar-refractivity contribution in [3.05, 3.63) is 66.7 Å². The van der Waals surface area contributed by atoms with Gasteiger partial charge in [-0.2, -0.15) is 5.10 Å². The average Bonchev–Trinajstić information content (AvgIpc) is 3.01. The minimum atomic E-state index is 0.733. The van der Waals surface area contributed by atoms with Gasteiger partial charge in [-0.05, 0) is 11.6 Å². The third kappa shape index (κ3) is 2.77. The number of hydrogen-bond acceptors (Lipinski definition) is 4. The Balaban J connectivity index is 1.74. The van der Waals surface area contributed by atoms with Gasteiger partial charge >= 0.3 is 0 Å². The zero-order valence-corrected chi connectivity index (χ0v) is 10.3. The lowest BCUT2D eigenvalue weighted by Gasteiger charge is -2.06. The van der Waals surface area contributed by atoms with Crippen molar-refractivity contribution < 1.29 is 0 Å². The van der Waals surface area contributed by atoms with E-state index in [0.29, 0.717) is 0 Å². The van der Waals surface area contributed by atoms with Crippen LogP contribution in [0.4, 0.5) is 5.82 Å². The molecule has 3 rings (SSSR count). The number of benzene rings is 1. The molecule has 94 valence electrons. The molecule has 1 aromatic carbocycles. The van der Waals surface area contributed by atoms with Crippen LogP contribution >= 0.6 is 0 Å². The molecule has 19 heavy (non-hydrogen) atoms. The molecule has 0 atom stereocenters. The van der Waals surface area contributed by atoms with Gasteiger partial charge in [-0.25, -0.2) is 14.6 Å². The Morgan fingerprint density at radius 1 is 1.05 bits per heavy atom. The number of aromatic nitrogens is 4. The second-order valence-corrected chi connectivity index (χ2v) is 4.05. The van der Waals surface area contributed by atoms with E-state index in [1.165, 1.54) is 11.9 Å². The monoisotopic (exact) mass is 251 g/mol. The maximum Gasteiger partial charge on any atom is 0.158 e. The molecule has 0 bridgehead atoms. The lowest BCUT2D eigenvalue weighted by molar-refractivity contribution is 0.839. The molecular weight excluding hydrogens is 238 g/mol. The SMILES string of the molecule is c1ccc(CNc2cc(-n3cccn3)ncn2)cc1. The summed E-state index contributed by atoms with van der Waals surface area (Å²) in [6.07, 6.45) is 5.10. The van der Waals surface area contributed by atoms with E-state index in [1.54, 1.807) is 10.9 Å². The molecule has 2 heterocycles. The number of nitrogens with one attached hydrogen (secondary N) is 1. The highest BCUT2D eigenvalue weighted by atomic mass is 15.3. The van der Waals surface area contributed by atoms with Crippen molar-refractivity contribution in [2.45, 2.75) is 6.54 Å². The summed E-state index contributed by atoms with van der Waals surface area (Å²) in [4.78, 5) is 8.39. The van der Waals surface area contributed by atoms with Gasteiger partial charge in [0.25, 0.3) is 0 Å². The zero-order valence-electron chi connectivity index (χ0n) is 10.3. The predicted octanol–water partition coefficient (Wildman–Crippen LogP) is 2.27. The van der Waals surface area contributed by atoms with E-state index in [4.69, 9.17) is 0 Å². The first kappa shape index (κ1) is 11.4. The summed E-state index contributed by atoms with van der Waals surface area (Å²) in [7, 11) is 0. The van der Waals surface area contributed by atoms with Crippen molar-refractivity contribution in [1.82, 2.24) is 19.7 Å². The standard InChI is InChI=1S/C14H13N5/c1-2-5-12(6-3-1)10-15-13-9-14(17-11-16-13)19-8-4-7-18-19/h1-9,11H,10H2,(H,15,16,17). The van der Waals surface area contributed by atoms with E-state index in [2.05, 4.69) is 32.5 Å². The van der Waals surface area contributed by atoms with Gasteiger partial charge in [-0.15, -0.1) is 0 Å². The van der Waals surface area contributed by atoms with Crippen molar-refractivity contribution in [2.75, 3.05) is 5.32 Å². The molecule has 5 heteroatoms. The Bertz CT molecular complexity index is 634. The molecule has 0 aliphatic heterocycles. The number of rotatable bonds is 4. The largest absolute Gasteiger partial charge is 0.366 e. The van der Waals surface area contributed by atoms with E-state index in [-0.39, 0.29) is 0 Å². The van der Waals surface area contributed by atoms with E-state index in [9.17, 15) is 0 Å². The van der Waals surface area contributed by atoms with Crippen LogP contribution < -0.4 is 5.32 Å². The third-order valence-corrected chi connectivity index (χ3v) is 2.71. The highest BCUT2D eigenvalue weighted by Gasteiger charge is 2.00. The quantitative estimate of drug-likeness (QED) is 0.773. The highest BCUT2D eigenvalue weighted by molar-refractivity contribution is 5.40. The van der Waals surface area contributed by atoms with Crippen LogP contribution in [0, 0.1) is 0 Å². The second-order valence-electron chi connectivity index (χ2n) is 4.05. The van der Waals surface area contributed by atoms with Crippen molar-refractivity contribution >= 4 is 5.82 Å². The molecule has 0 aliphatic carbocycles. The Hall–Kier alpha value is -2.69. The van der Waals surface area contributed by atoms with Gasteiger partial charge in [-0.3, -0.25) is 0 Å². The molecule has 0 fully saturated rings. The molecule has 0 unspecified atom stereocenters. The molecule has 0 spiro atoms. The maximum atomic E-state index is 4.20. The lowest BCUT2D eigenvalue weighted by atomic mass is 10.2. The summed E-state index contributed by atoms with van der Waals surface area (Å²) >= 11 is 0. The molecule has 5 nitrogen and oxygen atoms in total. The Morgan fingerprint density at radius 3 is 2.74 bits per heavy atom. The first-order valence-electron chi connectivity index (χ1n) is 6.02. The fraction of sp³-hybridized carbons (Fsp3) is 0.0714. The van der Waals surface area contributed by atoms with Gasteiger partial charge in [-0.1, -0.05) is 30.3 Å². The van der Waals surface area contributed by atoms with E-state index >= 15 is 0 Å². The normalized spacial score (nSPS) is 10.3. The van der Waals surface area contributed by atoms with Crippen LogP contribution in [0.15, 0.2) is 61.2 Å². The number of nitrogens with zero attached hydrogens (tertiary/aromatic N) is 4. The molecule has 2 aromatic heterocycles. The van der Waals surface area contributed by atoms with Gasteiger partial charge in [0.05, 0.1) is 0 Å². The van der Waals surface area contributed by atoms with Crippen molar-refractivity contribution in [3.63, 3.8) is 0 Å². The topological polar surface area (TPSA) is 55.6 Å². The maximum absolute atomic E-state index is 4.20. The third-order valence-electron chi connectivity index (χ3n) is 2.71. The number of anilines is 1. The van der Waals surface area contributed by atoms with Crippen molar-refractivity contribution in [1.29, 1.82) is 0 Å².